The van der Waals surface area contributed by atoms with Gasteiger partial charge in [-0.25, -0.2) is 15.0 Å². The number of aromatic amines is 1. The Morgan fingerprint density at radius 3 is 2.82 bits per heavy atom. The summed E-state index contributed by atoms with van der Waals surface area (Å²) in [5, 5.41) is 0. The summed E-state index contributed by atoms with van der Waals surface area (Å²) in [6.45, 7) is 0. The molecule has 2 aromatic rings. The van der Waals surface area contributed by atoms with Crippen molar-refractivity contribution in [1.82, 2.24) is 19.9 Å². The molecule has 2 heterocycles. The van der Waals surface area contributed by atoms with E-state index in [0.717, 1.165) is 11.2 Å². The fourth-order valence-electron chi connectivity index (χ4n) is 0.691. The number of aromatic nitrogens is 4. The number of fused-ring (bicyclic) bond motifs is 1. The summed E-state index contributed by atoms with van der Waals surface area (Å²) in [7, 11) is 0. The Morgan fingerprint density at radius 2 is 2.09 bits per heavy atom. The number of nitrogens with zero attached hydrogens (tertiary/aromatic N) is 3. The smallest absolute Gasteiger partial charge is 0.316 e. The summed E-state index contributed by atoms with van der Waals surface area (Å²) >= 11 is 0. The van der Waals surface area contributed by atoms with Crippen molar-refractivity contribution in [1.29, 1.82) is 0 Å². The van der Waals surface area contributed by atoms with Gasteiger partial charge >= 0.3 is 23.1 Å². The van der Waals surface area contributed by atoms with E-state index in [1.165, 1.54) is 6.33 Å². The van der Waals surface area contributed by atoms with E-state index >= 15 is 0 Å². The maximum Gasteiger partial charge on any atom is 0.316 e. The van der Waals surface area contributed by atoms with Gasteiger partial charge in [0.15, 0.2) is 5.65 Å². The van der Waals surface area contributed by atoms with Crippen LogP contribution in [0.2, 0.25) is 0 Å². The van der Waals surface area contributed by atoms with Gasteiger partial charge in [-0.1, -0.05) is 0 Å². The molecule has 11 heavy (non-hydrogen) atoms. The molecule has 0 saturated heterocycles. The SMILES string of the molecule is Cl.[MgH2].c1ncc2nc[nH]c2n1. The fraction of sp³-hybridized carbons (Fsp3) is 0. The molecule has 0 bridgehead atoms. The summed E-state index contributed by atoms with van der Waals surface area (Å²) in [5.41, 5.74) is 1.59. The number of hydrogen-bond acceptors (Lipinski definition) is 3. The second kappa shape index (κ2) is 4.48. The number of hydrogen-bond donors (Lipinski definition) is 1. The predicted octanol–water partition coefficient (Wildman–Crippen LogP) is -0.142. The molecule has 0 aliphatic rings. The third-order valence-electron chi connectivity index (χ3n) is 1.10. The van der Waals surface area contributed by atoms with E-state index in [4.69, 9.17) is 0 Å². The van der Waals surface area contributed by atoms with Gasteiger partial charge in [0.2, 0.25) is 0 Å². The van der Waals surface area contributed by atoms with Crippen LogP contribution < -0.4 is 0 Å². The number of imidazole rings is 1. The zero-order valence-corrected chi connectivity index (χ0v) is 5.80. The first-order chi connectivity index (χ1) is 4.47. The molecule has 0 spiro atoms. The first-order valence-corrected chi connectivity index (χ1v) is 2.56. The van der Waals surface area contributed by atoms with Crippen LogP contribution in [0.15, 0.2) is 18.9 Å². The Morgan fingerprint density at radius 1 is 1.27 bits per heavy atom. The van der Waals surface area contributed by atoms with Crippen molar-refractivity contribution >= 4 is 46.6 Å². The monoisotopic (exact) mass is 182 g/mol. The molecule has 0 saturated carbocycles. The lowest BCUT2D eigenvalue weighted by Crippen LogP contribution is -1.76. The third-order valence-corrected chi connectivity index (χ3v) is 1.10. The van der Waals surface area contributed by atoms with Crippen LogP contribution in [0.1, 0.15) is 0 Å². The van der Waals surface area contributed by atoms with Crippen LogP contribution >= 0.6 is 12.4 Å². The number of halogens is 1. The predicted molar refractivity (Wildman–Crippen MR) is 47.5 cm³/mol. The molecule has 2 rings (SSSR count). The minimum absolute atomic E-state index is 0. The van der Waals surface area contributed by atoms with E-state index in [1.54, 1.807) is 12.5 Å². The van der Waals surface area contributed by atoms with Gasteiger partial charge in [-0.3, -0.25) is 0 Å². The van der Waals surface area contributed by atoms with Gasteiger partial charge in [0.25, 0.3) is 0 Å². The Bertz CT molecular complexity index is 292. The van der Waals surface area contributed by atoms with Crippen molar-refractivity contribution < 1.29 is 0 Å². The van der Waals surface area contributed by atoms with Gasteiger partial charge in [-0.2, -0.15) is 0 Å². The van der Waals surface area contributed by atoms with Crippen molar-refractivity contribution in [2.45, 2.75) is 0 Å². The zero-order chi connectivity index (χ0) is 6.10. The Labute approximate surface area is 85.4 Å². The fourth-order valence-corrected chi connectivity index (χ4v) is 0.691. The van der Waals surface area contributed by atoms with E-state index in [0.29, 0.717) is 0 Å². The van der Waals surface area contributed by atoms with Crippen molar-refractivity contribution in [3.05, 3.63) is 18.9 Å². The highest BCUT2D eigenvalue weighted by molar-refractivity contribution is 5.85. The molecule has 0 radical (unpaired) electrons. The second-order valence-corrected chi connectivity index (χ2v) is 1.66. The highest BCUT2D eigenvalue weighted by Crippen LogP contribution is 1.99. The summed E-state index contributed by atoms with van der Waals surface area (Å²) in [5.74, 6) is 0. The largest absolute Gasteiger partial charge is 0.329 e. The quantitative estimate of drug-likeness (QED) is 0.578. The Kier molecular flexibility index (Phi) is 4.32. The van der Waals surface area contributed by atoms with E-state index in [9.17, 15) is 0 Å². The minimum atomic E-state index is 0. The highest BCUT2D eigenvalue weighted by Gasteiger charge is 1.91. The normalized spacial score (nSPS) is 8.36. The molecule has 0 amide bonds. The van der Waals surface area contributed by atoms with Crippen LogP contribution in [0.3, 0.4) is 0 Å². The zero-order valence-electron chi connectivity index (χ0n) is 4.98. The lowest BCUT2D eigenvalue weighted by atomic mass is 10.6. The van der Waals surface area contributed by atoms with Crippen molar-refractivity contribution in [2.75, 3.05) is 0 Å². The molecule has 6 heteroatoms. The molecule has 2 aromatic heterocycles. The van der Waals surface area contributed by atoms with Gasteiger partial charge in [0.05, 0.1) is 12.5 Å². The van der Waals surface area contributed by atoms with Crippen LogP contribution in [0.5, 0.6) is 0 Å². The second-order valence-electron chi connectivity index (χ2n) is 1.66. The summed E-state index contributed by atoms with van der Waals surface area (Å²) < 4.78 is 0. The molecule has 0 atom stereocenters. The van der Waals surface area contributed by atoms with Crippen LogP contribution in [-0.2, 0) is 0 Å². The first kappa shape index (κ1) is 10.6. The molecule has 1 N–H and O–H groups in total. The molecule has 4 nitrogen and oxygen atoms in total. The van der Waals surface area contributed by atoms with Gasteiger partial charge in [0.1, 0.15) is 11.8 Å². The number of nitrogens with one attached hydrogen (secondary N) is 1. The average molecular weight is 183 g/mol. The standard InChI is InChI=1S/C5H4N4.ClH.Mg.2H/c1-4-5(8-2-6-1)9-3-7-4;;;;/h1-3H,(H,6,7,8,9);1H;;;. The lowest BCUT2D eigenvalue weighted by Gasteiger charge is -1.80. The molecule has 0 unspecified atom stereocenters. The van der Waals surface area contributed by atoms with Crippen LogP contribution in [0.25, 0.3) is 11.2 Å². The molecule has 0 aromatic carbocycles. The van der Waals surface area contributed by atoms with E-state index in [-0.39, 0.29) is 35.5 Å². The van der Waals surface area contributed by atoms with E-state index in [1.807, 2.05) is 0 Å². The molecule has 0 aliphatic heterocycles. The highest BCUT2D eigenvalue weighted by atomic mass is 35.5. The summed E-state index contributed by atoms with van der Waals surface area (Å²) in [6, 6.07) is 0. The topological polar surface area (TPSA) is 54.5 Å². The summed E-state index contributed by atoms with van der Waals surface area (Å²) in [4.78, 5) is 14.5. The first-order valence-electron chi connectivity index (χ1n) is 2.56. The minimum Gasteiger partial charge on any atom is -0.329 e. The maximum atomic E-state index is 3.94. The lowest BCUT2D eigenvalue weighted by molar-refractivity contribution is 1.20. The molecular weight excluding hydrogens is 176 g/mol. The number of rotatable bonds is 0. The summed E-state index contributed by atoms with van der Waals surface area (Å²) in [6.07, 6.45) is 4.75. The molecular formula is C5H7ClMgN4. The average Bonchev–Trinajstić information content (AvgIpc) is 2.33. The van der Waals surface area contributed by atoms with Crippen molar-refractivity contribution in [2.24, 2.45) is 0 Å². The Hall–Kier alpha value is -0.394. The van der Waals surface area contributed by atoms with E-state index in [2.05, 4.69) is 19.9 Å². The van der Waals surface area contributed by atoms with Crippen molar-refractivity contribution in [3.63, 3.8) is 0 Å². The maximum absolute atomic E-state index is 3.94. The van der Waals surface area contributed by atoms with Crippen LogP contribution in [-0.4, -0.2) is 43.0 Å². The molecule has 56 valence electrons. The Balaban J connectivity index is 0.000000500. The van der Waals surface area contributed by atoms with Gasteiger partial charge < -0.3 is 4.98 Å². The van der Waals surface area contributed by atoms with Gasteiger partial charge in [-0.15, -0.1) is 12.4 Å². The van der Waals surface area contributed by atoms with E-state index < -0.39 is 0 Å². The number of H-pyrrole nitrogens is 1. The van der Waals surface area contributed by atoms with Gasteiger partial charge in [0, 0.05) is 0 Å². The third kappa shape index (κ3) is 2.02. The molecule has 0 fully saturated rings. The van der Waals surface area contributed by atoms with Gasteiger partial charge in [-0.05, 0) is 0 Å². The van der Waals surface area contributed by atoms with Crippen LogP contribution in [0.4, 0.5) is 0 Å². The molecule has 0 aliphatic carbocycles. The van der Waals surface area contributed by atoms with Crippen LogP contribution in [0, 0.1) is 0 Å². The van der Waals surface area contributed by atoms with Crippen molar-refractivity contribution in [3.8, 4) is 0 Å².